The lowest BCUT2D eigenvalue weighted by Gasteiger charge is -2.23. The Hall–Kier alpha value is -1.87. The summed E-state index contributed by atoms with van der Waals surface area (Å²) in [6.45, 7) is 2.74. The minimum Gasteiger partial charge on any atom is -0.495 e. The molecule has 0 aliphatic heterocycles. The Kier molecular flexibility index (Phi) is 4.40. The fraction of sp³-hybridized carbons (Fsp3) is 0.250. The van der Waals surface area contributed by atoms with Crippen LogP contribution in [0.2, 0.25) is 5.02 Å². The summed E-state index contributed by atoms with van der Waals surface area (Å²) in [5, 5.41) is 0.711. The van der Waals surface area contributed by atoms with E-state index in [1.807, 2.05) is 44.3 Å². The van der Waals surface area contributed by atoms with Crippen LogP contribution in [0.5, 0.6) is 5.75 Å². The normalized spacial score (nSPS) is 10.4. The summed E-state index contributed by atoms with van der Waals surface area (Å²) in [5.41, 5.74) is 9.78. The average Bonchev–Trinajstić information content (AvgIpc) is 2.41. The highest BCUT2D eigenvalue weighted by atomic mass is 35.5. The largest absolute Gasteiger partial charge is 0.495 e. The van der Waals surface area contributed by atoms with E-state index >= 15 is 0 Å². The van der Waals surface area contributed by atoms with E-state index in [1.54, 1.807) is 7.11 Å². The first-order valence-electron chi connectivity index (χ1n) is 6.41. The van der Waals surface area contributed by atoms with E-state index in [-0.39, 0.29) is 0 Å². The molecular weight excluding hydrogens is 272 g/mol. The maximum absolute atomic E-state index is 6.14. The standard InChI is InChI=1S/C16H19ClN2O/c1-11-7-15(16(20-3)9-14(11)17)19(2)10-12-5-4-6-13(18)8-12/h4-9H,10,18H2,1-3H3. The van der Waals surface area contributed by atoms with E-state index in [0.717, 1.165) is 34.8 Å². The van der Waals surface area contributed by atoms with E-state index in [2.05, 4.69) is 11.0 Å². The summed E-state index contributed by atoms with van der Waals surface area (Å²) < 4.78 is 5.41. The summed E-state index contributed by atoms with van der Waals surface area (Å²) >= 11 is 6.14. The molecule has 3 nitrogen and oxygen atoms in total. The van der Waals surface area contributed by atoms with Crippen LogP contribution in [-0.2, 0) is 6.54 Å². The molecule has 0 heterocycles. The minimum atomic E-state index is 0.711. The van der Waals surface area contributed by atoms with Gasteiger partial charge in [0.1, 0.15) is 5.75 Å². The Morgan fingerprint density at radius 1 is 1.25 bits per heavy atom. The number of halogens is 1. The van der Waals surface area contributed by atoms with E-state index in [1.165, 1.54) is 0 Å². The third-order valence-electron chi connectivity index (χ3n) is 3.24. The number of aryl methyl sites for hydroxylation is 1. The molecule has 0 saturated carbocycles. The molecule has 2 aromatic rings. The van der Waals surface area contributed by atoms with Crippen LogP contribution in [0.25, 0.3) is 0 Å². The van der Waals surface area contributed by atoms with Gasteiger partial charge in [-0.15, -0.1) is 0 Å². The van der Waals surface area contributed by atoms with E-state index in [0.29, 0.717) is 5.02 Å². The zero-order chi connectivity index (χ0) is 14.7. The maximum atomic E-state index is 6.14. The number of hydrogen-bond acceptors (Lipinski definition) is 3. The van der Waals surface area contributed by atoms with Crippen molar-refractivity contribution in [2.24, 2.45) is 0 Å². The molecule has 106 valence electrons. The van der Waals surface area contributed by atoms with Crippen molar-refractivity contribution in [2.45, 2.75) is 13.5 Å². The number of methoxy groups -OCH3 is 1. The Morgan fingerprint density at radius 2 is 2.00 bits per heavy atom. The van der Waals surface area contributed by atoms with Crippen LogP contribution in [0.1, 0.15) is 11.1 Å². The van der Waals surface area contributed by atoms with E-state index in [4.69, 9.17) is 22.1 Å². The molecule has 4 heteroatoms. The quantitative estimate of drug-likeness (QED) is 0.869. The molecule has 20 heavy (non-hydrogen) atoms. The molecule has 0 bridgehead atoms. The van der Waals surface area contributed by atoms with Crippen LogP contribution >= 0.6 is 11.6 Å². The summed E-state index contributed by atoms with van der Waals surface area (Å²) in [7, 11) is 3.67. The number of nitrogens with two attached hydrogens (primary N) is 1. The molecule has 0 aliphatic carbocycles. The lowest BCUT2D eigenvalue weighted by atomic mass is 10.1. The first kappa shape index (κ1) is 14.5. The number of benzene rings is 2. The Balaban J connectivity index is 2.29. The first-order chi connectivity index (χ1) is 9.51. The van der Waals surface area contributed by atoms with Crippen molar-refractivity contribution in [3.8, 4) is 5.75 Å². The predicted molar refractivity (Wildman–Crippen MR) is 85.7 cm³/mol. The zero-order valence-electron chi connectivity index (χ0n) is 12.0. The van der Waals surface area contributed by atoms with Gasteiger partial charge in [0.2, 0.25) is 0 Å². The number of nitrogen functional groups attached to an aromatic ring is 1. The van der Waals surface area contributed by atoms with Crippen molar-refractivity contribution in [2.75, 3.05) is 24.8 Å². The number of ether oxygens (including phenoxy) is 1. The summed E-state index contributed by atoms with van der Waals surface area (Å²) in [4.78, 5) is 2.12. The lowest BCUT2D eigenvalue weighted by Crippen LogP contribution is -2.17. The molecule has 0 radical (unpaired) electrons. The lowest BCUT2D eigenvalue weighted by molar-refractivity contribution is 0.414. The van der Waals surface area contributed by atoms with Crippen LogP contribution < -0.4 is 15.4 Å². The Morgan fingerprint density at radius 3 is 2.65 bits per heavy atom. The fourth-order valence-corrected chi connectivity index (χ4v) is 2.31. The van der Waals surface area contributed by atoms with Crippen molar-refractivity contribution in [3.63, 3.8) is 0 Å². The highest BCUT2D eigenvalue weighted by Crippen LogP contribution is 2.33. The van der Waals surface area contributed by atoms with Gasteiger partial charge in [0.05, 0.1) is 12.8 Å². The zero-order valence-corrected chi connectivity index (χ0v) is 12.7. The van der Waals surface area contributed by atoms with Gasteiger partial charge >= 0.3 is 0 Å². The van der Waals surface area contributed by atoms with Crippen LogP contribution in [0.15, 0.2) is 36.4 Å². The van der Waals surface area contributed by atoms with Crippen LogP contribution in [0.4, 0.5) is 11.4 Å². The smallest absolute Gasteiger partial charge is 0.143 e. The first-order valence-corrected chi connectivity index (χ1v) is 6.78. The molecule has 0 fully saturated rings. The second-order valence-corrected chi connectivity index (χ2v) is 5.28. The summed E-state index contributed by atoms with van der Waals surface area (Å²) in [5.74, 6) is 0.770. The van der Waals surface area contributed by atoms with Gasteiger partial charge in [0.15, 0.2) is 0 Å². The van der Waals surface area contributed by atoms with Crippen LogP contribution in [0, 0.1) is 6.92 Å². The molecule has 0 spiro atoms. The van der Waals surface area contributed by atoms with Gasteiger partial charge < -0.3 is 15.4 Å². The van der Waals surface area contributed by atoms with Gasteiger partial charge in [-0.05, 0) is 36.2 Å². The van der Waals surface area contributed by atoms with Crippen molar-refractivity contribution in [3.05, 3.63) is 52.5 Å². The highest BCUT2D eigenvalue weighted by molar-refractivity contribution is 6.31. The summed E-state index contributed by atoms with van der Waals surface area (Å²) in [6, 6.07) is 11.8. The molecule has 0 saturated heterocycles. The summed E-state index contributed by atoms with van der Waals surface area (Å²) in [6.07, 6.45) is 0. The van der Waals surface area contributed by atoms with Crippen LogP contribution in [0.3, 0.4) is 0 Å². The molecule has 0 amide bonds. The SMILES string of the molecule is COc1cc(Cl)c(C)cc1N(C)Cc1cccc(N)c1. The molecule has 0 atom stereocenters. The maximum Gasteiger partial charge on any atom is 0.143 e. The van der Waals surface area contributed by atoms with Gasteiger partial charge in [0, 0.05) is 30.4 Å². The Labute approximate surface area is 124 Å². The highest BCUT2D eigenvalue weighted by Gasteiger charge is 2.11. The fourth-order valence-electron chi connectivity index (χ4n) is 2.16. The minimum absolute atomic E-state index is 0.711. The Bertz CT molecular complexity index is 613. The monoisotopic (exact) mass is 290 g/mol. The van der Waals surface area contributed by atoms with Gasteiger partial charge in [-0.2, -0.15) is 0 Å². The number of hydrogen-bond donors (Lipinski definition) is 1. The average molecular weight is 291 g/mol. The van der Waals surface area contributed by atoms with Crippen molar-refractivity contribution >= 4 is 23.0 Å². The molecular formula is C16H19ClN2O. The van der Waals surface area contributed by atoms with Gasteiger partial charge in [-0.1, -0.05) is 23.7 Å². The molecule has 2 aromatic carbocycles. The van der Waals surface area contributed by atoms with Gasteiger partial charge in [-0.3, -0.25) is 0 Å². The molecule has 0 aliphatic rings. The third kappa shape index (κ3) is 3.17. The number of anilines is 2. The van der Waals surface area contributed by atoms with Crippen LogP contribution in [-0.4, -0.2) is 14.2 Å². The number of rotatable bonds is 4. The number of nitrogens with zero attached hydrogens (tertiary/aromatic N) is 1. The van der Waals surface area contributed by atoms with Gasteiger partial charge in [0.25, 0.3) is 0 Å². The second kappa shape index (κ2) is 6.06. The third-order valence-corrected chi connectivity index (χ3v) is 3.65. The van der Waals surface area contributed by atoms with Crippen molar-refractivity contribution < 1.29 is 4.74 Å². The molecule has 2 rings (SSSR count). The van der Waals surface area contributed by atoms with Crippen molar-refractivity contribution in [1.82, 2.24) is 0 Å². The predicted octanol–water partition coefficient (Wildman–Crippen LogP) is 3.88. The van der Waals surface area contributed by atoms with E-state index < -0.39 is 0 Å². The van der Waals surface area contributed by atoms with Gasteiger partial charge in [-0.25, -0.2) is 0 Å². The molecule has 0 unspecified atom stereocenters. The van der Waals surface area contributed by atoms with E-state index in [9.17, 15) is 0 Å². The van der Waals surface area contributed by atoms with Crippen molar-refractivity contribution in [1.29, 1.82) is 0 Å². The molecule has 2 N–H and O–H groups in total. The second-order valence-electron chi connectivity index (χ2n) is 4.87. The topological polar surface area (TPSA) is 38.5 Å². The molecule has 0 aromatic heterocycles.